The SMILES string of the molecule is CCN(CC(=O)O)CC(=O)NC1CCCC(C)C1C. The van der Waals surface area contributed by atoms with Crippen molar-refractivity contribution >= 4 is 11.9 Å². The second-order valence-electron chi connectivity index (χ2n) is 5.64. The molecule has 0 aromatic heterocycles. The number of nitrogens with zero attached hydrogens (tertiary/aromatic N) is 1. The molecule has 19 heavy (non-hydrogen) atoms. The van der Waals surface area contributed by atoms with Crippen molar-refractivity contribution in [2.24, 2.45) is 11.8 Å². The van der Waals surface area contributed by atoms with Crippen molar-refractivity contribution in [3.8, 4) is 0 Å². The first-order valence-electron chi connectivity index (χ1n) is 7.17. The molecule has 3 atom stereocenters. The Morgan fingerprint density at radius 3 is 2.53 bits per heavy atom. The Morgan fingerprint density at radius 1 is 1.26 bits per heavy atom. The van der Waals surface area contributed by atoms with Crippen molar-refractivity contribution < 1.29 is 14.7 Å². The van der Waals surface area contributed by atoms with Crippen LogP contribution in [0.2, 0.25) is 0 Å². The zero-order valence-electron chi connectivity index (χ0n) is 12.2. The number of carboxylic acid groups (broad SMARTS) is 1. The maximum atomic E-state index is 12.0. The van der Waals surface area contributed by atoms with Crippen LogP contribution in [0.1, 0.15) is 40.0 Å². The van der Waals surface area contributed by atoms with Crippen molar-refractivity contribution in [3.05, 3.63) is 0 Å². The Morgan fingerprint density at radius 2 is 1.95 bits per heavy atom. The van der Waals surface area contributed by atoms with Crippen LogP contribution in [0, 0.1) is 11.8 Å². The second-order valence-corrected chi connectivity index (χ2v) is 5.64. The van der Waals surface area contributed by atoms with E-state index in [4.69, 9.17) is 5.11 Å². The van der Waals surface area contributed by atoms with Crippen molar-refractivity contribution in [2.75, 3.05) is 19.6 Å². The van der Waals surface area contributed by atoms with Crippen LogP contribution in [0.5, 0.6) is 0 Å². The minimum Gasteiger partial charge on any atom is -0.480 e. The molecular formula is C14H26N2O3. The molecule has 0 heterocycles. The first kappa shape index (κ1) is 16.0. The summed E-state index contributed by atoms with van der Waals surface area (Å²) in [6, 6.07) is 0.236. The van der Waals surface area contributed by atoms with E-state index in [9.17, 15) is 9.59 Å². The van der Waals surface area contributed by atoms with Crippen molar-refractivity contribution in [1.29, 1.82) is 0 Å². The molecule has 0 bridgehead atoms. The number of carbonyl (C=O) groups is 2. The molecule has 1 amide bonds. The van der Waals surface area contributed by atoms with Crippen molar-refractivity contribution in [1.82, 2.24) is 10.2 Å². The number of nitrogens with one attached hydrogen (secondary N) is 1. The van der Waals surface area contributed by atoms with Crippen LogP contribution in [0.4, 0.5) is 0 Å². The summed E-state index contributed by atoms with van der Waals surface area (Å²) >= 11 is 0. The molecule has 3 unspecified atom stereocenters. The van der Waals surface area contributed by atoms with Gasteiger partial charge in [-0.25, -0.2) is 0 Å². The van der Waals surface area contributed by atoms with Gasteiger partial charge in [0.2, 0.25) is 5.91 Å². The summed E-state index contributed by atoms with van der Waals surface area (Å²) in [6.45, 7) is 6.92. The van der Waals surface area contributed by atoms with Crippen LogP contribution in [0.25, 0.3) is 0 Å². The Hall–Kier alpha value is -1.10. The summed E-state index contributed by atoms with van der Waals surface area (Å²) in [7, 11) is 0. The predicted octanol–water partition coefficient (Wildman–Crippen LogP) is 1.33. The molecule has 1 fully saturated rings. The van der Waals surface area contributed by atoms with E-state index in [1.54, 1.807) is 4.90 Å². The summed E-state index contributed by atoms with van der Waals surface area (Å²) in [4.78, 5) is 24.3. The van der Waals surface area contributed by atoms with Gasteiger partial charge >= 0.3 is 5.97 Å². The summed E-state index contributed by atoms with van der Waals surface area (Å²) < 4.78 is 0. The number of carboxylic acids is 1. The number of rotatable bonds is 6. The average Bonchev–Trinajstić information content (AvgIpc) is 2.33. The lowest BCUT2D eigenvalue weighted by molar-refractivity contribution is -0.138. The molecule has 0 aromatic carbocycles. The first-order chi connectivity index (χ1) is 8.93. The van der Waals surface area contributed by atoms with Gasteiger partial charge in [-0.2, -0.15) is 0 Å². The lowest BCUT2D eigenvalue weighted by atomic mass is 9.78. The maximum Gasteiger partial charge on any atom is 0.317 e. The van der Waals surface area contributed by atoms with Crippen LogP contribution < -0.4 is 5.32 Å². The van der Waals surface area contributed by atoms with E-state index in [1.807, 2.05) is 6.92 Å². The molecule has 110 valence electrons. The van der Waals surface area contributed by atoms with Gasteiger partial charge < -0.3 is 10.4 Å². The van der Waals surface area contributed by atoms with E-state index in [-0.39, 0.29) is 25.0 Å². The first-order valence-corrected chi connectivity index (χ1v) is 7.17. The number of likely N-dealkylation sites (N-methyl/N-ethyl adjacent to an activating group) is 1. The smallest absolute Gasteiger partial charge is 0.317 e. The minimum atomic E-state index is -0.894. The zero-order chi connectivity index (χ0) is 14.4. The van der Waals surface area contributed by atoms with Gasteiger partial charge in [0.05, 0.1) is 13.1 Å². The second kappa shape index (κ2) is 7.48. The van der Waals surface area contributed by atoms with Gasteiger partial charge in [-0.1, -0.05) is 33.6 Å². The maximum absolute atomic E-state index is 12.0. The number of carbonyl (C=O) groups excluding carboxylic acids is 1. The monoisotopic (exact) mass is 270 g/mol. The molecule has 0 aliphatic heterocycles. The number of aliphatic carboxylic acids is 1. The van der Waals surface area contributed by atoms with E-state index in [2.05, 4.69) is 19.2 Å². The van der Waals surface area contributed by atoms with E-state index in [0.29, 0.717) is 18.4 Å². The van der Waals surface area contributed by atoms with E-state index >= 15 is 0 Å². The van der Waals surface area contributed by atoms with Gasteiger partial charge in [0, 0.05) is 6.04 Å². The molecule has 5 heteroatoms. The molecule has 0 radical (unpaired) electrons. The van der Waals surface area contributed by atoms with Gasteiger partial charge in [-0.3, -0.25) is 14.5 Å². The molecule has 1 aliphatic rings. The highest BCUT2D eigenvalue weighted by molar-refractivity contribution is 5.79. The van der Waals surface area contributed by atoms with Crippen LogP contribution in [-0.2, 0) is 9.59 Å². The Balaban J connectivity index is 2.43. The minimum absolute atomic E-state index is 0.0611. The Kier molecular flexibility index (Phi) is 6.28. The highest BCUT2D eigenvalue weighted by Gasteiger charge is 2.28. The lowest BCUT2D eigenvalue weighted by Crippen LogP contribution is -2.48. The molecule has 1 aliphatic carbocycles. The van der Waals surface area contributed by atoms with Crippen molar-refractivity contribution in [3.63, 3.8) is 0 Å². The molecule has 2 N–H and O–H groups in total. The predicted molar refractivity (Wildman–Crippen MR) is 73.9 cm³/mol. The van der Waals surface area contributed by atoms with Gasteiger partial charge in [0.25, 0.3) is 0 Å². The lowest BCUT2D eigenvalue weighted by Gasteiger charge is -2.35. The van der Waals surface area contributed by atoms with Crippen LogP contribution >= 0.6 is 0 Å². The highest BCUT2D eigenvalue weighted by Crippen LogP contribution is 2.29. The molecule has 0 spiro atoms. The molecule has 0 saturated heterocycles. The van der Waals surface area contributed by atoms with E-state index < -0.39 is 5.97 Å². The topological polar surface area (TPSA) is 69.6 Å². The van der Waals surface area contributed by atoms with Gasteiger partial charge in [-0.15, -0.1) is 0 Å². The third-order valence-corrected chi connectivity index (χ3v) is 4.23. The molecule has 1 rings (SSSR count). The number of amides is 1. The van der Waals surface area contributed by atoms with Crippen molar-refractivity contribution in [2.45, 2.75) is 46.1 Å². The fourth-order valence-electron chi connectivity index (χ4n) is 2.71. The highest BCUT2D eigenvalue weighted by atomic mass is 16.4. The van der Waals surface area contributed by atoms with E-state index in [0.717, 1.165) is 12.8 Å². The standard InChI is InChI=1S/C14H26N2O3/c1-4-16(9-14(18)19)8-13(17)15-12-7-5-6-10(2)11(12)3/h10-12H,4-9H2,1-3H3,(H,15,17)(H,18,19). The van der Waals surface area contributed by atoms with Gasteiger partial charge in [-0.05, 0) is 24.8 Å². The van der Waals surface area contributed by atoms with Gasteiger partial charge in [0.15, 0.2) is 0 Å². The quantitative estimate of drug-likeness (QED) is 0.764. The van der Waals surface area contributed by atoms with Crippen LogP contribution in [0.15, 0.2) is 0 Å². The third-order valence-electron chi connectivity index (χ3n) is 4.23. The summed E-state index contributed by atoms with van der Waals surface area (Å²) in [6.07, 6.45) is 3.42. The van der Waals surface area contributed by atoms with Gasteiger partial charge in [0.1, 0.15) is 0 Å². The summed E-state index contributed by atoms with van der Waals surface area (Å²) in [5, 5.41) is 11.8. The molecule has 1 saturated carbocycles. The van der Waals surface area contributed by atoms with E-state index in [1.165, 1.54) is 6.42 Å². The normalized spacial score (nSPS) is 27.3. The zero-order valence-corrected chi connectivity index (χ0v) is 12.2. The third kappa shape index (κ3) is 5.19. The summed E-state index contributed by atoms with van der Waals surface area (Å²) in [5.41, 5.74) is 0. The summed E-state index contributed by atoms with van der Waals surface area (Å²) in [5.74, 6) is 0.177. The number of hydrogen-bond acceptors (Lipinski definition) is 3. The fraction of sp³-hybridized carbons (Fsp3) is 0.857. The number of hydrogen-bond donors (Lipinski definition) is 2. The molecule has 0 aromatic rings. The Bertz CT molecular complexity index is 320. The van der Waals surface area contributed by atoms with Crippen LogP contribution in [0.3, 0.4) is 0 Å². The fourth-order valence-corrected chi connectivity index (χ4v) is 2.71. The Labute approximate surface area is 115 Å². The average molecular weight is 270 g/mol. The molecular weight excluding hydrogens is 244 g/mol. The van der Waals surface area contributed by atoms with Crippen LogP contribution in [-0.4, -0.2) is 47.6 Å². The molecule has 5 nitrogen and oxygen atoms in total. The largest absolute Gasteiger partial charge is 0.480 e.